The SMILES string of the molecule is CCCCC(CCC)N1CCCNC(CCC)C1. The highest BCUT2D eigenvalue weighted by Crippen LogP contribution is 2.17. The molecular weight excluding hydrogens is 220 g/mol. The van der Waals surface area contributed by atoms with Crippen molar-refractivity contribution in [2.24, 2.45) is 0 Å². The number of nitrogens with zero attached hydrogens (tertiary/aromatic N) is 1. The van der Waals surface area contributed by atoms with E-state index < -0.39 is 0 Å². The Morgan fingerprint density at radius 2 is 1.94 bits per heavy atom. The topological polar surface area (TPSA) is 15.3 Å². The van der Waals surface area contributed by atoms with E-state index in [-0.39, 0.29) is 0 Å². The Morgan fingerprint density at radius 3 is 2.61 bits per heavy atom. The van der Waals surface area contributed by atoms with Crippen LogP contribution >= 0.6 is 0 Å². The fraction of sp³-hybridized carbons (Fsp3) is 1.00. The third-order valence-electron chi connectivity index (χ3n) is 4.18. The van der Waals surface area contributed by atoms with Crippen molar-refractivity contribution in [3.05, 3.63) is 0 Å². The van der Waals surface area contributed by atoms with Gasteiger partial charge in [0.05, 0.1) is 0 Å². The summed E-state index contributed by atoms with van der Waals surface area (Å²) < 4.78 is 0. The monoisotopic (exact) mass is 254 g/mol. The minimum atomic E-state index is 0.735. The first-order chi connectivity index (χ1) is 8.81. The van der Waals surface area contributed by atoms with E-state index in [0.717, 1.165) is 12.1 Å². The molecule has 0 radical (unpaired) electrons. The quantitative estimate of drug-likeness (QED) is 0.708. The zero-order valence-corrected chi connectivity index (χ0v) is 12.9. The first-order valence-electron chi connectivity index (χ1n) is 8.29. The zero-order chi connectivity index (χ0) is 13.2. The Morgan fingerprint density at radius 1 is 1.11 bits per heavy atom. The van der Waals surface area contributed by atoms with Gasteiger partial charge in [0.15, 0.2) is 0 Å². The minimum absolute atomic E-state index is 0.735. The van der Waals surface area contributed by atoms with Gasteiger partial charge in [0.25, 0.3) is 0 Å². The van der Waals surface area contributed by atoms with Gasteiger partial charge in [0.2, 0.25) is 0 Å². The third kappa shape index (κ3) is 5.71. The van der Waals surface area contributed by atoms with Gasteiger partial charge in [-0.2, -0.15) is 0 Å². The van der Waals surface area contributed by atoms with Crippen LogP contribution in [0.2, 0.25) is 0 Å². The second-order valence-electron chi connectivity index (χ2n) is 5.87. The zero-order valence-electron chi connectivity index (χ0n) is 12.9. The number of nitrogens with one attached hydrogen (secondary N) is 1. The third-order valence-corrected chi connectivity index (χ3v) is 4.18. The summed E-state index contributed by atoms with van der Waals surface area (Å²) in [5.74, 6) is 0. The van der Waals surface area contributed by atoms with Gasteiger partial charge in [0, 0.05) is 18.6 Å². The highest BCUT2D eigenvalue weighted by molar-refractivity contribution is 4.81. The van der Waals surface area contributed by atoms with Crippen molar-refractivity contribution in [2.45, 2.75) is 84.2 Å². The lowest BCUT2D eigenvalue weighted by atomic mass is 10.0. The maximum absolute atomic E-state index is 3.72. The molecule has 0 bridgehead atoms. The predicted octanol–water partition coefficient (Wildman–Crippen LogP) is 3.81. The molecule has 1 fully saturated rings. The second kappa shape index (κ2) is 9.80. The van der Waals surface area contributed by atoms with Crippen LogP contribution in [0.5, 0.6) is 0 Å². The summed E-state index contributed by atoms with van der Waals surface area (Å²) >= 11 is 0. The molecule has 0 aromatic rings. The lowest BCUT2D eigenvalue weighted by molar-refractivity contribution is 0.168. The van der Waals surface area contributed by atoms with Crippen LogP contribution in [0.15, 0.2) is 0 Å². The fourth-order valence-electron chi connectivity index (χ4n) is 3.18. The van der Waals surface area contributed by atoms with Gasteiger partial charge in [-0.3, -0.25) is 4.90 Å². The lowest BCUT2D eigenvalue weighted by Crippen LogP contribution is -2.42. The minimum Gasteiger partial charge on any atom is -0.313 e. The molecule has 2 unspecified atom stereocenters. The van der Waals surface area contributed by atoms with Gasteiger partial charge in [-0.05, 0) is 38.8 Å². The van der Waals surface area contributed by atoms with Gasteiger partial charge in [-0.25, -0.2) is 0 Å². The number of hydrogen-bond acceptors (Lipinski definition) is 2. The van der Waals surface area contributed by atoms with Crippen LogP contribution in [0.4, 0.5) is 0 Å². The highest BCUT2D eigenvalue weighted by atomic mass is 15.2. The Balaban J connectivity index is 2.51. The molecule has 1 saturated heterocycles. The molecule has 2 heteroatoms. The summed E-state index contributed by atoms with van der Waals surface area (Å²) in [6.07, 6.45) is 10.8. The molecule has 1 rings (SSSR count). The molecule has 18 heavy (non-hydrogen) atoms. The van der Waals surface area contributed by atoms with E-state index in [2.05, 4.69) is 31.0 Å². The predicted molar refractivity (Wildman–Crippen MR) is 81.1 cm³/mol. The van der Waals surface area contributed by atoms with E-state index in [4.69, 9.17) is 0 Å². The van der Waals surface area contributed by atoms with Crippen molar-refractivity contribution in [3.63, 3.8) is 0 Å². The molecule has 0 saturated carbocycles. The van der Waals surface area contributed by atoms with Crippen molar-refractivity contribution in [2.75, 3.05) is 19.6 Å². The summed E-state index contributed by atoms with van der Waals surface area (Å²) in [5, 5.41) is 3.72. The first-order valence-corrected chi connectivity index (χ1v) is 8.29. The maximum atomic E-state index is 3.72. The molecule has 1 aliphatic rings. The van der Waals surface area contributed by atoms with Gasteiger partial charge in [-0.1, -0.05) is 46.5 Å². The average molecular weight is 254 g/mol. The van der Waals surface area contributed by atoms with E-state index in [9.17, 15) is 0 Å². The van der Waals surface area contributed by atoms with E-state index in [1.165, 1.54) is 71.0 Å². The smallest absolute Gasteiger partial charge is 0.0195 e. The summed E-state index contributed by atoms with van der Waals surface area (Å²) in [7, 11) is 0. The van der Waals surface area contributed by atoms with Gasteiger partial charge >= 0.3 is 0 Å². The van der Waals surface area contributed by atoms with Crippen LogP contribution in [-0.2, 0) is 0 Å². The molecule has 2 nitrogen and oxygen atoms in total. The van der Waals surface area contributed by atoms with Gasteiger partial charge < -0.3 is 5.32 Å². The van der Waals surface area contributed by atoms with Crippen molar-refractivity contribution in [3.8, 4) is 0 Å². The molecule has 2 atom stereocenters. The van der Waals surface area contributed by atoms with E-state index >= 15 is 0 Å². The van der Waals surface area contributed by atoms with Crippen molar-refractivity contribution in [1.29, 1.82) is 0 Å². The number of rotatable bonds is 8. The van der Waals surface area contributed by atoms with Crippen LogP contribution in [-0.4, -0.2) is 36.6 Å². The Hall–Kier alpha value is -0.0800. The summed E-state index contributed by atoms with van der Waals surface area (Å²) in [6, 6.07) is 1.58. The molecule has 1 N–H and O–H groups in total. The Kier molecular flexibility index (Phi) is 8.70. The molecule has 108 valence electrons. The molecule has 0 aromatic carbocycles. The Bertz CT molecular complexity index is 194. The normalized spacial score (nSPS) is 23.8. The van der Waals surface area contributed by atoms with E-state index in [1.54, 1.807) is 0 Å². The van der Waals surface area contributed by atoms with Gasteiger partial charge in [-0.15, -0.1) is 0 Å². The van der Waals surface area contributed by atoms with Gasteiger partial charge in [0.1, 0.15) is 0 Å². The number of hydrogen-bond donors (Lipinski definition) is 1. The summed E-state index contributed by atoms with van der Waals surface area (Å²) in [6.45, 7) is 10.8. The lowest BCUT2D eigenvalue weighted by Gasteiger charge is -2.32. The van der Waals surface area contributed by atoms with Crippen LogP contribution in [0, 0.1) is 0 Å². The van der Waals surface area contributed by atoms with Crippen LogP contribution in [0.25, 0.3) is 0 Å². The maximum Gasteiger partial charge on any atom is 0.0195 e. The van der Waals surface area contributed by atoms with Crippen LogP contribution < -0.4 is 5.32 Å². The molecule has 0 aliphatic carbocycles. The first kappa shape index (κ1) is 16.0. The van der Waals surface area contributed by atoms with Crippen LogP contribution in [0.1, 0.15) is 72.1 Å². The largest absolute Gasteiger partial charge is 0.313 e. The van der Waals surface area contributed by atoms with Crippen LogP contribution in [0.3, 0.4) is 0 Å². The molecule has 1 aliphatic heterocycles. The molecular formula is C16H34N2. The van der Waals surface area contributed by atoms with E-state index in [1.807, 2.05) is 0 Å². The fourth-order valence-corrected chi connectivity index (χ4v) is 3.18. The highest BCUT2D eigenvalue weighted by Gasteiger charge is 2.22. The van der Waals surface area contributed by atoms with E-state index in [0.29, 0.717) is 0 Å². The standard InChI is InChI=1S/C16H34N2/c1-4-7-11-16(10-6-3)18-13-8-12-17-15(14-18)9-5-2/h15-17H,4-14H2,1-3H3. The second-order valence-corrected chi connectivity index (χ2v) is 5.87. The molecule has 0 spiro atoms. The molecule has 0 amide bonds. The average Bonchev–Trinajstić information content (AvgIpc) is 2.60. The Labute approximate surface area is 115 Å². The summed E-state index contributed by atoms with van der Waals surface area (Å²) in [4.78, 5) is 2.79. The number of unbranched alkanes of at least 4 members (excludes halogenated alkanes) is 1. The van der Waals surface area contributed by atoms with Crippen molar-refractivity contribution in [1.82, 2.24) is 10.2 Å². The van der Waals surface area contributed by atoms with Crippen molar-refractivity contribution < 1.29 is 0 Å². The van der Waals surface area contributed by atoms with Crippen molar-refractivity contribution >= 4 is 0 Å². The molecule has 0 aromatic heterocycles. The molecule has 1 heterocycles. The summed E-state index contributed by atoms with van der Waals surface area (Å²) in [5.41, 5.74) is 0.